The molecule has 3 aromatic rings. The Morgan fingerprint density at radius 2 is 2.00 bits per heavy atom. The van der Waals surface area contributed by atoms with Gasteiger partial charge in [0, 0.05) is 19.0 Å². The van der Waals surface area contributed by atoms with Crippen LogP contribution in [-0.2, 0) is 17.8 Å². The van der Waals surface area contributed by atoms with Gasteiger partial charge in [0.2, 0.25) is 11.8 Å². The Morgan fingerprint density at radius 1 is 1.17 bits per heavy atom. The van der Waals surface area contributed by atoms with Crippen LogP contribution in [0.1, 0.15) is 48.2 Å². The third kappa shape index (κ3) is 4.45. The van der Waals surface area contributed by atoms with E-state index in [-0.39, 0.29) is 24.1 Å². The first kappa shape index (κ1) is 19.1. The van der Waals surface area contributed by atoms with Crippen molar-refractivity contribution < 1.29 is 9.21 Å². The van der Waals surface area contributed by atoms with Gasteiger partial charge in [-0.15, -0.1) is 0 Å². The molecule has 1 fully saturated rings. The van der Waals surface area contributed by atoms with E-state index >= 15 is 0 Å². The van der Waals surface area contributed by atoms with Crippen molar-refractivity contribution in [2.45, 2.75) is 45.2 Å². The molecule has 0 unspecified atom stereocenters. The van der Waals surface area contributed by atoms with Crippen molar-refractivity contribution >= 4 is 5.91 Å². The van der Waals surface area contributed by atoms with Gasteiger partial charge in [0.25, 0.3) is 5.56 Å². The molecule has 0 bridgehead atoms. The summed E-state index contributed by atoms with van der Waals surface area (Å²) in [5.74, 6) is 1.20. The first-order valence-corrected chi connectivity index (χ1v) is 9.93. The Morgan fingerprint density at radius 3 is 2.83 bits per heavy atom. The maximum atomic E-state index is 13.0. The topological polar surface area (TPSA) is 81.2 Å². The van der Waals surface area contributed by atoms with E-state index in [0.29, 0.717) is 24.6 Å². The zero-order chi connectivity index (χ0) is 20.2. The summed E-state index contributed by atoms with van der Waals surface area (Å²) < 4.78 is 7.23. The molecule has 1 aliphatic heterocycles. The van der Waals surface area contributed by atoms with Crippen LogP contribution in [0.4, 0.5) is 0 Å². The van der Waals surface area contributed by atoms with E-state index in [4.69, 9.17) is 4.42 Å². The molecule has 1 saturated heterocycles. The third-order valence-corrected chi connectivity index (χ3v) is 5.19. The van der Waals surface area contributed by atoms with Gasteiger partial charge in [-0.05, 0) is 37.8 Å². The molecule has 1 aromatic carbocycles. The van der Waals surface area contributed by atoms with Crippen molar-refractivity contribution in [2.75, 3.05) is 6.54 Å². The highest BCUT2D eigenvalue weighted by atomic mass is 16.4. The third-order valence-electron chi connectivity index (χ3n) is 5.19. The number of oxazole rings is 1. The van der Waals surface area contributed by atoms with E-state index in [1.807, 2.05) is 30.3 Å². The minimum absolute atomic E-state index is 0.0748. The Hall–Kier alpha value is -3.22. The van der Waals surface area contributed by atoms with Crippen LogP contribution in [0.3, 0.4) is 0 Å². The number of rotatable bonds is 5. The predicted octanol–water partition coefficient (Wildman–Crippen LogP) is 2.88. The molecule has 4 rings (SSSR count). The number of amides is 1. The molecule has 0 saturated carbocycles. The lowest BCUT2D eigenvalue weighted by atomic mass is 10.0. The van der Waals surface area contributed by atoms with Crippen LogP contribution in [0.5, 0.6) is 0 Å². The molecule has 1 aliphatic rings. The Balaban J connectivity index is 1.51. The molecule has 150 valence electrons. The Labute approximate surface area is 169 Å². The first-order chi connectivity index (χ1) is 14.1. The van der Waals surface area contributed by atoms with Crippen LogP contribution in [-0.4, -0.2) is 32.1 Å². The molecular weight excluding hydrogens is 368 g/mol. The van der Waals surface area contributed by atoms with Crippen molar-refractivity contribution in [3.05, 3.63) is 81.9 Å². The molecule has 29 heavy (non-hydrogen) atoms. The van der Waals surface area contributed by atoms with E-state index in [1.165, 1.54) is 10.7 Å². The van der Waals surface area contributed by atoms with Crippen LogP contribution in [0, 0.1) is 6.92 Å². The molecule has 1 amide bonds. The zero-order valence-corrected chi connectivity index (χ0v) is 16.5. The molecule has 7 nitrogen and oxygen atoms in total. The number of aryl methyl sites for hydroxylation is 1. The van der Waals surface area contributed by atoms with Crippen LogP contribution in [0.15, 0.2) is 57.9 Å². The normalized spacial score (nSPS) is 16.7. The standard InChI is InChI=1S/C22H24N4O3/c1-16-10-11-20(27)26(24-16)15-21(28)25-12-6-5-9-19(25)22-23-14-18(29-22)13-17-7-3-2-4-8-17/h2-4,7-8,10-11,14,19H,5-6,9,12-13,15H2,1H3/t19-/m0/s1. The monoisotopic (exact) mass is 392 g/mol. The summed E-state index contributed by atoms with van der Waals surface area (Å²) >= 11 is 0. The van der Waals surface area contributed by atoms with Gasteiger partial charge in [0.05, 0.1) is 11.9 Å². The van der Waals surface area contributed by atoms with Crippen LogP contribution in [0.2, 0.25) is 0 Å². The molecule has 0 aliphatic carbocycles. The molecule has 7 heteroatoms. The van der Waals surface area contributed by atoms with Gasteiger partial charge in [0.1, 0.15) is 18.3 Å². The highest BCUT2D eigenvalue weighted by Crippen LogP contribution is 2.31. The second-order valence-corrected chi connectivity index (χ2v) is 7.40. The Bertz CT molecular complexity index is 1040. The van der Waals surface area contributed by atoms with E-state index in [9.17, 15) is 9.59 Å². The minimum Gasteiger partial charge on any atom is -0.443 e. The summed E-state index contributed by atoms with van der Waals surface area (Å²) in [6, 6.07) is 12.9. The number of benzene rings is 1. The number of likely N-dealkylation sites (tertiary alicyclic amines) is 1. The second-order valence-electron chi connectivity index (χ2n) is 7.40. The van der Waals surface area contributed by atoms with E-state index in [0.717, 1.165) is 30.6 Å². The summed E-state index contributed by atoms with van der Waals surface area (Å²) in [6.45, 7) is 2.35. The number of hydrogen-bond donors (Lipinski definition) is 0. The van der Waals surface area contributed by atoms with Crippen molar-refractivity contribution in [2.24, 2.45) is 0 Å². The molecule has 2 aromatic heterocycles. The number of hydrogen-bond acceptors (Lipinski definition) is 5. The Kier molecular flexibility index (Phi) is 5.55. The molecule has 0 radical (unpaired) electrons. The number of nitrogens with zero attached hydrogens (tertiary/aromatic N) is 4. The van der Waals surface area contributed by atoms with Crippen LogP contribution in [0.25, 0.3) is 0 Å². The lowest BCUT2D eigenvalue weighted by Crippen LogP contribution is -2.42. The lowest BCUT2D eigenvalue weighted by Gasteiger charge is -2.33. The molecule has 1 atom stereocenters. The smallest absolute Gasteiger partial charge is 0.267 e. The van der Waals surface area contributed by atoms with Crippen LogP contribution >= 0.6 is 0 Å². The average Bonchev–Trinajstić information content (AvgIpc) is 3.20. The van der Waals surface area contributed by atoms with Crippen molar-refractivity contribution in [1.82, 2.24) is 19.7 Å². The second kappa shape index (κ2) is 8.43. The highest BCUT2D eigenvalue weighted by Gasteiger charge is 2.31. The van der Waals surface area contributed by atoms with Gasteiger partial charge in [-0.1, -0.05) is 30.3 Å². The fourth-order valence-corrected chi connectivity index (χ4v) is 3.73. The maximum Gasteiger partial charge on any atom is 0.267 e. The van der Waals surface area contributed by atoms with E-state index in [1.54, 1.807) is 24.1 Å². The highest BCUT2D eigenvalue weighted by molar-refractivity contribution is 5.76. The van der Waals surface area contributed by atoms with E-state index < -0.39 is 0 Å². The molecule has 0 N–H and O–H groups in total. The fourth-order valence-electron chi connectivity index (χ4n) is 3.73. The fraction of sp³-hybridized carbons (Fsp3) is 0.364. The summed E-state index contributed by atoms with van der Waals surface area (Å²) in [5, 5.41) is 4.17. The summed E-state index contributed by atoms with van der Waals surface area (Å²) in [4.78, 5) is 31.2. The van der Waals surface area contributed by atoms with E-state index in [2.05, 4.69) is 10.1 Å². The molecule has 3 heterocycles. The summed E-state index contributed by atoms with van der Waals surface area (Å²) in [5.41, 5.74) is 1.57. The molecule has 0 spiro atoms. The van der Waals surface area contributed by atoms with Gasteiger partial charge in [-0.2, -0.15) is 5.10 Å². The zero-order valence-electron chi connectivity index (χ0n) is 16.5. The van der Waals surface area contributed by atoms with Crippen molar-refractivity contribution in [1.29, 1.82) is 0 Å². The van der Waals surface area contributed by atoms with Crippen molar-refractivity contribution in [3.8, 4) is 0 Å². The average molecular weight is 392 g/mol. The lowest BCUT2D eigenvalue weighted by molar-refractivity contribution is -0.136. The van der Waals surface area contributed by atoms with Gasteiger partial charge >= 0.3 is 0 Å². The number of carbonyl (C=O) groups excluding carboxylic acids is 1. The number of aromatic nitrogens is 3. The predicted molar refractivity (Wildman–Crippen MR) is 107 cm³/mol. The van der Waals surface area contributed by atoms with Gasteiger partial charge in [-0.25, -0.2) is 9.67 Å². The van der Waals surface area contributed by atoms with Gasteiger partial charge in [0.15, 0.2) is 0 Å². The SMILES string of the molecule is Cc1ccc(=O)n(CC(=O)N2CCCC[C@H]2c2ncc(Cc3ccccc3)o2)n1. The number of piperidine rings is 1. The summed E-state index contributed by atoms with van der Waals surface area (Å²) in [6.07, 6.45) is 5.14. The largest absolute Gasteiger partial charge is 0.443 e. The summed E-state index contributed by atoms with van der Waals surface area (Å²) in [7, 11) is 0. The van der Waals surface area contributed by atoms with Gasteiger partial charge in [-0.3, -0.25) is 9.59 Å². The minimum atomic E-state index is -0.279. The first-order valence-electron chi connectivity index (χ1n) is 9.93. The van der Waals surface area contributed by atoms with Gasteiger partial charge < -0.3 is 9.32 Å². The maximum absolute atomic E-state index is 13.0. The van der Waals surface area contributed by atoms with Crippen molar-refractivity contribution in [3.63, 3.8) is 0 Å². The molecular formula is C22H24N4O3. The quantitative estimate of drug-likeness (QED) is 0.667. The number of carbonyl (C=O) groups is 1. The van der Waals surface area contributed by atoms with Crippen LogP contribution < -0.4 is 5.56 Å².